The Morgan fingerprint density at radius 2 is 1.89 bits per heavy atom. The van der Waals surface area contributed by atoms with Crippen LogP contribution in [0.15, 0.2) is 36.4 Å². The zero-order valence-corrected chi connectivity index (χ0v) is 11.2. The van der Waals surface area contributed by atoms with Crippen molar-refractivity contribution in [3.05, 3.63) is 59.2 Å². The lowest BCUT2D eigenvalue weighted by Gasteiger charge is -2.08. The normalized spacial score (nSPS) is 10.0. The molecular formula is C14H8BrF2NO. The number of nitrogens with zero attached hydrogens (tertiary/aromatic N) is 1. The van der Waals surface area contributed by atoms with Gasteiger partial charge in [0.25, 0.3) is 0 Å². The fraction of sp³-hybridized carbons (Fsp3) is 0.0714. The average Bonchev–Trinajstić information content (AvgIpc) is 2.41. The summed E-state index contributed by atoms with van der Waals surface area (Å²) in [6, 6.07) is 9.97. The smallest absolute Gasteiger partial charge is 0.166 e. The maximum absolute atomic E-state index is 13.7. The molecule has 0 aliphatic heterocycles. The number of hydrogen-bond donors (Lipinski definition) is 0. The van der Waals surface area contributed by atoms with Gasteiger partial charge in [0.2, 0.25) is 0 Å². The van der Waals surface area contributed by atoms with Crippen LogP contribution in [0.25, 0.3) is 0 Å². The summed E-state index contributed by atoms with van der Waals surface area (Å²) in [4.78, 5) is 0. The van der Waals surface area contributed by atoms with Crippen LogP contribution in [0.5, 0.6) is 11.5 Å². The molecule has 0 aliphatic rings. The summed E-state index contributed by atoms with van der Waals surface area (Å²) in [7, 11) is 0. The van der Waals surface area contributed by atoms with Crippen LogP contribution >= 0.6 is 15.9 Å². The third kappa shape index (κ3) is 3.09. The second-order valence-corrected chi connectivity index (χ2v) is 4.31. The lowest BCUT2D eigenvalue weighted by Crippen LogP contribution is -1.92. The zero-order valence-electron chi connectivity index (χ0n) is 9.66. The number of nitriles is 1. The van der Waals surface area contributed by atoms with Crippen molar-refractivity contribution in [3.63, 3.8) is 0 Å². The van der Waals surface area contributed by atoms with E-state index in [4.69, 9.17) is 10.00 Å². The number of halogens is 3. The maximum atomic E-state index is 13.7. The van der Waals surface area contributed by atoms with Crippen molar-refractivity contribution in [3.8, 4) is 17.6 Å². The molecule has 0 saturated carbocycles. The summed E-state index contributed by atoms with van der Waals surface area (Å²) in [5, 5.41) is 9.14. The average molecular weight is 324 g/mol. The molecule has 2 aromatic carbocycles. The molecule has 2 nitrogen and oxygen atoms in total. The molecule has 96 valence electrons. The quantitative estimate of drug-likeness (QED) is 0.778. The Labute approximate surface area is 117 Å². The Bertz CT molecular complexity index is 652. The molecular weight excluding hydrogens is 316 g/mol. The number of benzene rings is 2. The van der Waals surface area contributed by atoms with Gasteiger partial charge < -0.3 is 4.74 Å². The number of hydrogen-bond acceptors (Lipinski definition) is 2. The first-order chi connectivity index (χ1) is 9.13. The van der Waals surface area contributed by atoms with Crippen molar-refractivity contribution in [1.29, 1.82) is 5.26 Å². The van der Waals surface area contributed by atoms with Crippen LogP contribution in [0.1, 0.15) is 11.1 Å². The van der Waals surface area contributed by atoms with E-state index in [1.165, 1.54) is 24.3 Å². The van der Waals surface area contributed by atoms with Gasteiger partial charge in [0, 0.05) is 11.4 Å². The molecule has 0 radical (unpaired) electrons. The first kappa shape index (κ1) is 13.5. The van der Waals surface area contributed by atoms with Crippen LogP contribution in [0.2, 0.25) is 0 Å². The molecule has 0 fully saturated rings. The van der Waals surface area contributed by atoms with E-state index < -0.39 is 11.6 Å². The van der Waals surface area contributed by atoms with E-state index in [-0.39, 0.29) is 17.1 Å². The highest BCUT2D eigenvalue weighted by atomic mass is 79.9. The van der Waals surface area contributed by atoms with Gasteiger partial charge in [-0.1, -0.05) is 22.0 Å². The summed E-state index contributed by atoms with van der Waals surface area (Å²) in [5.74, 6) is -1.07. The molecule has 0 aromatic heterocycles. The predicted octanol–water partition coefficient (Wildman–Crippen LogP) is 4.52. The topological polar surface area (TPSA) is 33.0 Å². The molecule has 2 aromatic rings. The fourth-order valence-corrected chi connectivity index (χ4v) is 1.84. The highest BCUT2D eigenvalue weighted by Crippen LogP contribution is 2.27. The van der Waals surface area contributed by atoms with E-state index in [2.05, 4.69) is 15.9 Å². The summed E-state index contributed by atoms with van der Waals surface area (Å²) in [6.45, 7) is 0. The number of ether oxygens (including phenoxy) is 1. The highest BCUT2D eigenvalue weighted by Gasteiger charge is 2.08. The van der Waals surface area contributed by atoms with Gasteiger partial charge >= 0.3 is 0 Å². The minimum Gasteiger partial charge on any atom is -0.454 e. The van der Waals surface area contributed by atoms with Crippen LogP contribution in [0, 0.1) is 23.0 Å². The molecule has 0 spiro atoms. The Kier molecular flexibility index (Phi) is 4.13. The molecule has 2 rings (SSSR count). The van der Waals surface area contributed by atoms with Gasteiger partial charge in [-0.3, -0.25) is 0 Å². The van der Waals surface area contributed by atoms with Crippen molar-refractivity contribution >= 4 is 15.9 Å². The van der Waals surface area contributed by atoms with Crippen LogP contribution in [0.4, 0.5) is 8.78 Å². The third-order valence-electron chi connectivity index (χ3n) is 2.44. The predicted molar refractivity (Wildman–Crippen MR) is 70.2 cm³/mol. The van der Waals surface area contributed by atoms with E-state index in [1.807, 2.05) is 0 Å². The summed E-state index contributed by atoms with van der Waals surface area (Å²) in [6.07, 6.45) is 0. The maximum Gasteiger partial charge on any atom is 0.166 e. The SMILES string of the molecule is N#Cc1ccc(Oc2ccc(CBr)cc2F)cc1F. The zero-order chi connectivity index (χ0) is 13.8. The standard InChI is InChI=1S/C14H8BrF2NO/c15-7-9-1-4-14(13(17)5-9)19-11-3-2-10(8-18)12(16)6-11/h1-6H,7H2. The Morgan fingerprint density at radius 1 is 1.11 bits per heavy atom. The van der Waals surface area contributed by atoms with Crippen molar-refractivity contribution in [2.24, 2.45) is 0 Å². The van der Waals surface area contributed by atoms with Crippen LogP contribution < -0.4 is 4.74 Å². The third-order valence-corrected chi connectivity index (χ3v) is 3.09. The monoisotopic (exact) mass is 323 g/mol. The number of alkyl halides is 1. The van der Waals surface area contributed by atoms with Crippen molar-refractivity contribution in [1.82, 2.24) is 0 Å². The molecule has 5 heteroatoms. The van der Waals surface area contributed by atoms with Crippen LogP contribution in [-0.2, 0) is 5.33 Å². The van der Waals surface area contributed by atoms with Gasteiger partial charge in [-0.15, -0.1) is 0 Å². The van der Waals surface area contributed by atoms with Crippen molar-refractivity contribution < 1.29 is 13.5 Å². The molecule has 0 atom stereocenters. The Morgan fingerprint density at radius 3 is 2.47 bits per heavy atom. The van der Waals surface area contributed by atoms with Gasteiger partial charge in [-0.2, -0.15) is 5.26 Å². The van der Waals surface area contributed by atoms with Crippen LogP contribution in [-0.4, -0.2) is 0 Å². The first-order valence-electron chi connectivity index (χ1n) is 5.36. The summed E-state index contributed by atoms with van der Waals surface area (Å²) in [5.41, 5.74) is 0.693. The molecule has 0 N–H and O–H groups in total. The van der Waals surface area contributed by atoms with E-state index in [9.17, 15) is 8.78 Å². The molecule has 0 amide bonds. The molecule has 0 heterocycles. The van der Waals surface area contributed by atoms with Gasteiger partial charge in [-0.25, -0.2) is 8.78 Å². The molecule has 0 aliphatic carbocycles. The van der Waals surface area contributed by atoms with Crippen molar-refractivity contribution in [2.75, 3.05) is 0 Å². The molecule has 0 bridgehead atoms. The van der Waals surface area contributed by atoms with E-state index >= 15 is 0 Å². The van der Waals surface area contributed by atoms with Crippen LogP contribution in [0.3, 0.4) is 0 Å². The minimum absolute atomic E-state index is 0.00816. The molecule has 0 saturated heterocycles. The van der Waals surface area contributed by atoms with E-state index in [0.717, 1.165) is 11.6 Å². The summed E-state index contributed by atoms with van der Waals surface area (Å²) < 4.78 is 32.3. The largest absolute Gasteiger partial charge is 0.454 e. The summed E-state index contributed by atoms with van der Waals surface area (Å²) >= 11 is 3.22. The van der Waals surface area contributed by atoms with Gasteiger partial charge in [0.15, 0.2) is 11.6 Å². The van der Waals surface area contributed by atoms with Gasteiger partial charge in [0.05, 0.1) is 5.56 Å². The lowest BCUT2D eigenvalue weighted by molar-refractivity contribution is 0.438. The Hall–Kier alpha value is -1.93. The van der Waals surface area contributed by atoms with Gasteiger partial charge in [-0.05, 0) is 29.8 Å². The van der Waals surface area contributed by atoms with Crippen molar-refractivity contribution in [2.45, 2.75) is 5.33 Å². The number of rotatable bonds is 3. The second-order valence-electron chi connectivity index (χ2n) is 3.75. The van der Waals surface area contributed by atoms with E-state index in [0.29, 0.717) is 5.33 Å². The van der Waals surface area contributed by atoms with Gasteiger partial charge in [0.1, 0.15) is 17.6 Å². The molecule has 19 heavy (non-hydrogen) atoms. The Balaban J connectivity index is 2.26. The first-order valence-corrected chi connectivity index (χ1v) is 6.48. The second kappa shape index (κ2) is 5.81. The lowest BCUT2D eigenvalue weighted by atomic mass is 10.2. The van der Waals surface area contributed by atoms with E-state index in [1.54, 1.807) is 12.1 Å². The highest BCUT2D eigenvalue weighted by molar-refractivity contribution is 9.08. The fourth-order valence-electron chi connectivity index (χ4n) is 1.49. The molecule has 0 unspecified atom stereocenters. The minimum atomic E-state index is -0.697.